The molecule has 0 rings (SSSR count). The smallest absolute Gasteiger partial charge is 0.184 e. The molecule has 0 aromatic rings. The van der Waals surface area contributed by atoms with Crippen molar-refractivity contribution in [3.8, 4) is 0 Å². The van der Waals surface area contributed by atoms with E-state index in [1.165, 1.54) is 0 Å². The average Bonchev–Trinajstić information content (AvgIpc) is 2.53. The summed E-state index contributed by atoms with van der Waals surface area (Å²) in [5.74, 6) is 0. The molecule has 6 nitrogen and oxygen atoms in total. The first kappa shape index (κ1) is 37.1. The van der Waals surface area contributed by atoms with Crippen molar-refractivity contribution < 1.29 is 22.1 Å². The first-order valence-electron chi connectivity index (χ1n) is 13.7. The fourth-order valence-corrected chi connectivity index (χ4v) is 9.68. The van der Waals surface area contributed by atoms with Crippen LogP contribution in [0.25, 0.3) is 0 Å². The molecule has 0 fully saturated rings. The summed E-state index contributed by atoms with van der Waals surface area (Å²) >= 11 is 0. The molecular formula is C24H63NO5Si6. The van der Waals surface area contributed by atoms with Gasteiger partial charge in [-0.15, -0.1) is 0 Å². The van der Waals surface area contributed by atoms with Gasteiger partial charge in [-0.25, -0.2) is 0 Å². The third-order valence-electron chi connectivity index (χ3n) is 4.57. The Morgan fingerprint density at radius 2 is 0.806 bits per heavy atom. The summed E-state index contributed by atoms with van der Waals surface area (Å²) in [7, 11) is -11.0. The summed E-state index contributed by atoms with van der Waals surface area (Å²) in [5.41, 5.74) is 0. The van der Waals surface area contributed by atoms with E-state index in [1.807, 2.05) is 0 Å². The standard InChI is InChI=1S/C24H63NO5Si6/c1-31(2,3)25-21(19-26-32(4,5)6)23(29-35(13,14)15)24(30-36(16,17)18)22(28-34(10,11)12)20-27-33(7,8)9/h21-25H,19-20H2,1-18H3/t21-,22-,23-,24-/m1/s1. The van der Waals surface area contributed by atoms with Gasteiger partial charge < -0.3 is 27.1 Å². The fraction of sp³-hybridized carbons (Fsp3) is 1.00. The van der Waals surface area contributed by atoms with Crippen LogP contribution in [-0.4, -0.2) is 87.4 Å². The lowest BCUT2D eigenvalue weighted by atomic mass is 10.0. The highest BCUT2D eigenvalue weighted by atomic mass is 28.4. The number of nitrogens with one attached hydrogen (secondary N) is 1. The van der Waals surface area contributed by atoms with E-state index in [4.69, 9.17) is 22.1 Å². The summed E-state index contributed by atoms with van der Waals surface area (Å²) in [6, 6.07) is 0.0242. The van der Waals surface area contributed by atoms with Crippen molar-refractivity contribution in [1.82, 2.24) is 4.98 Å². The van der Waals surface area contributed by atoms with Gasteiger partial charge in [0.05, 0.1) is 37.6 Å². The van der Waals surface area contributed by atoms with E-state index in [1.54, 1.807) is 0 Å². The SMILES string of the molecule is C[Si](C)(C)N[C@H](CO[Si](C)(C)C)[C@@H](O[Si](C)(C)C)[C@H](O[Si](C)(C)C)[C@@H](CO[Si](C)(C)C)O[Si](C)(C)C. The maximum atomic E-state index is 7.07. The molecule has 0 aromatic carbocycles. The zero-order valence-electron chi connectivity index (χ0n) is 27.3. The predicted molar refractivity (Wildman–Crippen MR) is 174 cm³/mol. The van der Waals surface area contributed by atoms with E-state index in [-0.39, 0.29) is 24.4 Å². The molecule has 0 amide bonds. The molecule has 12 heteroatoms. The van der Waals surface area contributed by atoms with Gasteiger partial charge in [0.2, 0.25) is 0 Å². The molecule has 218 valence electrons. The van der Waals surface area contributed by atoms with Crippen molar-refractivity contribution in [2.24, 2.45) is 0 Å². The third-order valence-corrected chi connectivity index (χ3v) is 10.8. The monoisotopic (exact) mass is 613 g/mol. The lowest BCUT2D eigenvalue weighted by Crippen LogP contribution is -2.65. The second-order valence-electron chi connectivity index (χ2n) is 16.0. The van der Waals surface area contributed by atoms with E-state index in [2.05, 4.69) is 123 Å². The van der Waals surface area contributed by atoms with Gasteiger partial charge >= 0.3 is 0 Å². The number of rotatable bonds is 17. The molecule has 0 bridgehead atoms. The molecule has 0 saturated carbocycles. The first-order valence-corrected chi connectivity index (χ1v) is 34.2. The molecule has 0 unspecified atom stereocenters. The van der Waals surface area contributed by atoms with Crippen LogP contribution in [0.4, 0.5) is 0 Å². The minimum absolute atomic E-state index is 0.0242. The first-order chi connectivity index (χ1) is 15.6. The van der Waals surface area contributed by atoms with Crippen LogP contribution in [-0.2, 0) is 22.1 Å². The molecule has 36 heavy (non-hydrogen) atoms. The quantitative estimate of drug-likeness (QED) is 0.176. The summed E-state index contributed by atoms with van der Waals surface area (Å²) in [4.78, 5) is 4.00. The van der Waals surface area contributed by atoms with Gasteiger partial charge in [-0.05, 0) is 98.2 Å². The van der Waals surface area contributed by atoms with Crippen molar-refractivity contribution in [3.63, 3.8) is 0 Å². The van der Waals surface area contributed by atoms with Gasteiger partial charge in [-0.1, -0.05) is 19.6 Å². The van der Waals surface area contributed by atoms with Crippen LogP contribution in [0.5, 0.6) is 0 Å². The molecule has 0 aromatic heterocycles. The Labute approximate surface area is 231 Å². The van der Waals surface area contributed by atoms with Gasteiger partial charge in [0.1, 0.15) is 8.24 Å². The van der Waals surface area contributed by atoms with Crippen LogP contribution < -0.4 is 4.98 Å². The second kappa shape index (κ2) is 13.6. The lowest BCUT2D eigenvalue weighted by Gasteiger charge is -2.46. The fourth-order valence-electron chi connectivity index (χ4n) is 3.65. The van der Waals surface area contributed by atoms with Crippen molar-refractivity contribution in [2.75, 3.05) is 13.2 Å². The van der Waals surface area contributed by atoms with E-state index >= 15 is 0 Å². The van der Waals surface area contributed by atoms with E-state index in [0.717, 1.165) is 0 Å². The lowest BCUT2D eigenvalue weighted by molar-refractivity contribution is -0.0637. The normalized spacial score (nSPS) is 18.2. The molecule has 0 saturated heterocycles. The second-order valence-corrected chi connectivity index (χ2v) is 43.2. The molecule has 0 aliphatic rings. The average molecular weight is 614 g/mol. The highest BCUT2D eigenvalue weighted by Gasteiger charge is 2.44. The van der Waals surface area contributed by atoms with Crippen molar-refractivity contribution >= 4 is 49.8 Å². The minimum atomic E-state index is -1.96. The van der Waals surface area contributed by atoms with Crippen LogP contribution in [0.1, 0.15) is 0 Å². The Balaban J connectivity index is 6.80. The van der Waals surface area contributed by atoms with Crippen LogP contribution >= 0.6 is 0 Å². The summed E-state index contributed by atoms with van der Waals surface area (Å²) in [6.45, 7) is 42.0. The van der Waals surface area contributed by atoms with Crippen LogP contribution in [0.3, 0.4) is 0 Å². The molecular weight excluding hydrogens is 551 g/mol. The molecule has 0 aliphatic carbocycles. The Kier molecular flexibility index (Phi) is 14.0. The van der Waals surface area contributed by atoms with Gasteiger partial charge in [0.25, 0.3) is 0 Å². The number of hydrogen-bond donors (Lipinski definition) is 1. The van der Waals surface area contributed by atoms with Crippen LogP contribution in [0, 0.1) is 0 Å². The van der Waals surface area contributed by atoms with Crippen LogP contribution in [0.15, 0.2) is 0 Å². The molecule has 0 aliphatic heterocycles. The topological polar surface area (TPSA) is 58.2 Å². The van der Waals surface area contributed by atoms with Gasteiger partial charge in [0.15, 0.2) is 41.6 Å². The van der Waals surface area contributed by atoms with E-state index in [0.29, 0.717) is 13.2 Å². The zero-order chi connectivity index (χ0) is 29.0. The molecule has 0 spiro atoms. The molecule has 0 heterocycles. The van der Waals surface area contributed by atoms with Crippen LogP contribution in [0.2, 0.25) is 118 Å². The highest BCUT2D eigenvalue weighted by Crippen LogP contribution is 2.27. The van der Waals surface area contributed by atoms with Gasteiger partial charge in [-0.3, -0.25) is 0 Å². The van der Waals surface area contributed by atoms with Crippen molar-refractivity contribution in [1.29, 1.82) is 0 Å². The maximum Gasteiger partial charge on any atom is 0.184 e. The Hall–Kier alpha value is 1.06. The molecule has 4 atom stereocenters. The third kappa shape index (κ3) is 20.0. The summed E-state index contributed by atoms with van der Waals surface area (Å²) in [6.07, 6.45) is -0.599. The minimum Gasteiger partial charge on any atom is -0.416 e. The van der Waals surface area contributed by atoms with E-state index in [9.17, 15) is 0 Å². The Morgan fingerprint density at radius 3 is 1.14 bits per heavy atom. The van der Waals surface area contributed by atoms with Gasteiger partial charge in [-0.2, -0.15) is 0 Å². The maximum absolute atomic E-state index is 7.07. The number of hydrogen-bond acceptors (Lipinski definition) is 6. The molecule has 1 N–H and O–H groups in total. The van der Waals surface area contributed by atoms with Crippen molar-refractivity contribution in [2.45, 2.75) is 142 Å². The Morgan fingerprint density at radius 1 is 0.444 bits per heavy atom. The predicted octanol–water partition coefficient (Wildman–Crippen LogP) is 7.14. The highest BCUT2D eigenvalue weighted by molar-refractivity contribution is 6.74. The molecule has 0 radical (unpaired) electrons. The van der Waals surface area contributed by atoms with Crippen molar-refractivity contribution in [3.05, 3.63) is 0 Å². The zero-order valence-corrected chi connectivity index (χ0v) is 33.3. The van der Waals surface area contributed by atoms with E-state index < -0.39 is 49.8 Å². The largest absolute Gasteiger partial charge is 0.416 e. The Bertz CT molecular complexity index is 586. The van der Waals surface area contributed by atoms with Gasteiger partial charge in [0, 0.05) is 0 Å². The summed E-state index contributed by atoms with van der Waals surface area (Å²) in [5, 5.41) is 0. The summed E-state index contributed by atoms with van der Waals surface area (Å²) < 4.78 is 34.0.